The highest BCUT2D eigenvalue weighted by atomic mass is 32.1. The molecule has 4 nitrogen and oxygen atoms in total. The molecule has 0 fully saturated rings. The summed E-state index contributed by atoms with van der Waals surface area (Å²) < 4.78 is 51.5. The van der Waals surface area contributed by atoms with Crippen molar-refractivity contribution in [3.05, 3.63) is 71.2 Å². The van der Waals surface area contributed by atoms with Crippen molar-refractivity contribution in [1.82, 2.24) is 10.2 Å². The predicted molar refractivity (Wildman–Crippen MR) is 111 cm³/mol. The zero-order chi connectivity index (χ0) is 21.7. The summed E-state index contributed by atoms with van der Waals surface area (Å²) in [6.45, 7) is 0.511. The molecule has 0 saturated heterocycles. The molecule has 0 aliphatic heterocycles. The third-order valence-corrected chi connectivity index (χ3v) is 5.55. The Kier molecular flexibility index (Phi) is 6.75. The van der Waals surface area contributed by atoms with Gasteiger partial charge in [0.1, 0.15) is 11.9 Å². The molecule has 1 atom stereocenters. The fourth-order valence-electron chi connectivity index (χ4n) is 2.85. The Morgan fingerprint density at radius 1 is 1.17 bits per heavy atom. The second-order valence-electron chi connectivity index (χ2n) is 6.60. The van der Waals surface area contributed by atoms with Gasteiger partial charge < -0.3 is 10.5 Å². The van der Waals surface area contributed by atoms with Crippen LogP contribution in [0.3, 0.4) is 0 Å². The van der Waals surface area contributed by atoms with Crippen molar-refractivity contribution in [3.63, 3.8) is 0 Å². The lowest BCUT2D eigenvalue weighted by atomic mass is 10.0. The van der Waals surface area contributed by atoms with Gasteiger partial charge in [-0.25, -0.2) is 9.37 Å². The monoisotopic (exact) mass is 432 g/mol. The lowest BCUT2D eigenvalue weighted by molar-refractivity contribution is -0.137. The van der Waals surface area contributed by atoms with Crippen molar-refractivity contribution in [2.24, 2.45) is 0 Å². The van der Waals surface area contributed by atoms with E-state index in [4.69, 9.17) is 5.26 Å². The number of benzene rings is 2. The lowest BCUT2D eigenvalue weighted by Crippen LogP contribution is -2.35. The number of hydrogen-bond donors (Lipinski definition) is 2. The quantitative estimate of drug-likeness (QED) is 0.438. The zero-order valence-electron chi connectivity index (χ0n) is 15.9. The standard InChI is InChI=1S/C20H17BF4N4S/c21-29-16(7-12-1-4-15(5-2-12)20(23,24)25)10-27-19-28-11-18(30-19)13-3-6-17(22)14(8-13)9-26/h1-6,8,11,16,29H,7,10,21H2,(H,27,28)/t16-/m0/s1. The third kappa shape index (κ3) is 5.37. The van der Waals surface area contributed by atoms with Crippen LogP contribution in [-0.2, 0) is 12.6 Å². The Balaban J connectivity index is 1.61. The Hall–Kier alpha value is -2.90. The maximum absolute atomic E-state index is 13.5. The number of thiazole rings is 1. The number of halogens is 4. The first-order chi connectivity index (χ1) is 14.3. The van der Waals surface area contributed by atoms with E-state index >= 15 is 0 Å². The molecule has 0 saturated carbocycles. The van der Waals surface area contributed by atoms with Crippen molar-refractivity contribution in [2.75, 3.05) is 11.9 Å². The van der Waals surface area contributed by atoms with Crippen molar-refractivity contribution >= 4 is 24.4 Å². The molecule has 0 spiro atoms. The number of aromatic nitrogens is 1. The summed E-state index contributed by atoms with van der Waals surface area (Å²) in [6, 6.07) is 11.3. The van der Waals surface area contributed by atoms with Crippen LogP contribution in [0.2, 0.25) is 0 Å². The first kappa shape index (κ1) is 21.8. The van der Waals surface area contributed by atoms with Crippen LogP contribution < -0.4 is 10.5 Å². The molecule has 2 aromatic carbocycles. The summed E-state index contributed by atoms with van der Waals surface area (Å²) in [6.07, 6.45) is -2.15. The largest absolute Gasteiger partial charge is 0.416 e. The normalized spacial score (nSPS) is 12.4. The van der Waals surface area contributed by atoms with Crippen molar-refractivity contribution in [2.45, 2.75) is 18.6 Å². The molecule has 0 aliphatic carbocycles. The molecule has 0 unspecified atom stereocenters. The number of nitriles is 1. The van der Waals surface area contributed by atoms with Crippen LogP contribution in [0.1, 0.15) is 16.7 Å². The number of nitrogens with one attached hydrogen (secondary N) is 2. The van der Waals surface area contributed by atoms with Gasteiger partial charge in [-0.3, -0.25) is 0 Å². The maximum atomic E-state index is 13.5. The molecular weight excluding hydrogens is 415 g/mol. The van der Waals surface area contributed by atoms with Crippen LogP contribution in [0.25, 0.3) is 10.4 Å². The minimum atomic E-state index is -4.34. The second-order valence-corrected chi connectivity index (χ2v) is 7.63. The van der Waals surface area contributed by atoms with Gasteiger partial charge in [0.2, 0.25) is 0 Å². The van der Waals surface area contributed by atoms with E-state index in [9.17, 15) is 17.6 Å². The van der Waals surface area contributed by atoms with Gasteiger partial charge in [-0.1, -0.05) is 29.5 Å². The highest BCUT2D eigenvalue weighted by molar-refractivity contribution is 7.18. The third-order valence-electron chi connectivity index (χ3n) is 4.55. The van der Waals surface area contributed by atoms with Gasteiger partial charge in [-0.15, -0.1) is 0 Å². The van der Waals surface area contributed by atoms with E-state index < -0.39 is 17.6 Å². The van der Waals surface area contributed by atoms with Gasteiger partial charge in [-0.2, -0.15) is 18.4 Å². The summed E-state index contributed by atoms with van der Waals surface area (Å²) in [4.78, 5) is 5.09. The fraction of sp³-hybridized carbons (Fsp3) is 0.200. The number of rotatable bonds is 7. The second kappa shape index (κ2) is 9.28. The summed E-state index contributed by atoms with van der Waals surface area (Å²) in [5.41, 5.74) is 0.802. The molecule has 1 aromatic heterocycles. The van der Waals surface area contributed by atoms with Crippen molar-refractivity contribution < 1.29 is 17.6 Å². The lowest BCUT2D eigenvalue weighted by Gasteiger charge is -2.17. The zero-order valence-corrected chi connectivity index (χ0v) is 16.7. The van der Waals surface area contributed by atoms with Crippen LogP contribution in [0.4, 0.5) is 22.7 Å². The van der Waals surface area contributed by atoms with E-state index in [2.05, 4.69) is 15.5 Å². The number of hydrogen-bond acceptors (Lipinski definition) is 5. The highest BCUT2D eigenvalue weighted by Crippen LogP contribution is 2.31. The van der Waals surface area contributed by atoms with Crippen molar-refractivity contribution in [1.29, 1.82) is 5.26 Å². The molecular formula is C20H17BF4N4S. The van der Waals surface area contributed by atoms with Gasteiger partial charge >= 0.3 is 6.18 Å². The Morgan fingerprint density at radius 3 is 2.53 bits per heavy atom. The Labute approximate surface area is 176 Å². The summed E-state index contributed by atoms with van der Waals surface area (Å²) >= 11 is 1.37. The summed E-state index contributed by atoms with van der Waals surface area (Å²) in [5, 5.41) is 16.0. The molecule has 1 heterocycles. The Bertz CT molecular complexity index is 1040. The molecule has 2 N–H and O–H groups in total. The molecule has 3 rings (SSSR count). The predicted octanol–water partition coefficient (Wildman–Crippen LogP) is 4.00. The Morgan fingerprint density at radius 2 is 1.90 bits per heavy atom. The number of anilines is 1. The van der Waals surface area contributed by atoms with Gasteiger partial charge in [0, 0.05) is 18.8 Å². The van der Waals surface area contributed by atoms with E-state index in [1.165, 1.54) is 35.6 Å². The van der Waals surface area contributed by atoms with E-state index in [0.29, 0.717) is 23.7 Å². The molecule has 0 amide bonds. The topological polar surface area (TPSA) is 60.7 Å². The number of alkyl halides is 3. The summed E-state index contributed by atoms with van der Waals surface area (Å²) in [5.74, 6) is -0.566. The number of nitrogens with zero attached hydrogens (tertiary/aromatic N) is 2. The molecule has 154 valence electrons. The van der Waals surface area contributed by atoms with Crippen LogP contribution in [0.15, 0.2) is 48.7 Å². The summed E-state index contributed by atoms with van der Waals surface area (Å²) in [7, 11) is 1.78. The van der Waals surface area contributed by atoms with E-state index in [-0.39, 0.29) is 11.6 Å². The molecule has 0 aliphatic rings. The van der Waals surface area contributed by atoms with E-state index in [1.54, 1.807) is 20.2 Å². The van der Waals surface area contributed by atoms with Crippen molar-refractivity contribution in [3.8, 4) is 16.5 Å². The van der Waals surface area contributed by atoms with Gasteiger partial charge in [0.05, 0.1) is 16.0 Å². The van der Waals surface area contributed by atoms with Gasteiger partial charge in [0.15, 0.2) is 13.1 Å². The maximum Gasteiger partial charge on any atom is 0.416 e. The highest BCUT2D eigenvalue weighted by Gasteiger charge is 2.30. The SMILES string of the molecule is BN[C@H](CNc1ncc(-c2ccc(F)c(C#N)c2)s1)Cc1ccc(C(F)(F)F)cc1. The van der Waals surface area contributed by atoms with Crippen LogP contribution >= 0.6 is 11.3 Å². The average molecular weight is 432 g/mol. The smallest absolute Gasteiger partial charge is 0.360 e. The molecule has 0 bridgehead atoms. The minimum Gasteiger partial charge on any atom is -0.360 e. The fourth-order valence-corrected chi connectivity index (χ4v) is 3.67. The van der Waals surface area contributed by atoms with E-state index in [1.807, 2.05) is 6.07 Å². The minimum absolute atomic E-state index is 0.0231. The average Bonchev–Trinajstić information content (AvgIpc) is 3.20. The van der Waals surface area contributed by atoms with Crippen LogP contribution in [-0.4, -0.2) is 25.6 Å². The molecule has 10 heteroatoms. The van der Waals surface area contributed by atoms with Gasteiger partial charge in [0.25, 0.3) is 0 Å². The van der Waals surface area contributed by atoms with Gasteiger partial charge in [-0.05, 0) is 41.8 Å². The molecule has 30 heavy (non-hydrogen) atoms. The van der Waals surface area contributed by atoms with Crippen LogP contribution in [0, 0.1) is 17.1 Å². The molecule has 3 aromatic rings. The first-order valence-corrected chi connectivity index (χ1v) is 9.85. The van der Waals surface area contributed by atoms with E-state index in [0.717, 1.165) is 22.6 Å². The van der Waals surface area contributed by atoms with Crippen LogP contribution in [0.5, 0.6) is 0 Å². The molecule has 0 radical (unpaired) electrons. The first-order valence-electron chi connectivity index (χ1n) is 9.03.